The van der Waals surface area contributed by atoms with Crippen molar-refractivity contribution < 1.29 is 0 Å². The van der Waals surface area contributed by atoms with E-state index < -0.39 is 0 Å². The summed E-state index contributed by atoms with van der Waals surface area (Å²) in [5.41, 5.74) is 15.4. The van der Waals surface area contributed by atoms with Crippen LogP contribution in [-0.4, -0.2) is 0 Å². The Morgan fingerprint density at radius 2 is 1.44 bits per heavy atom. The Morgan fingerprint density at radius 3 is 2.28 bits per heavy atom. The number of nitrogen functional groups attached to an aromatic ring is 2. The van der Waals surface area contributed by atoms with E-state index in [0.29, 0.717) is 11.4 Å². The first-order chi connectivity index (χ1) is 8.75. The fourth-order valence-electron chi connectivity index (χ4n) is 2.29. The maximum absolute atomic E-state index is 6.06. The topological polar surface area (TPSA) is 52.0 Å². The molecule has 0 radical (unpaired) electrons. The second-order valence-corrected chi connectivity index (χ2v) is 4.37. The maximum atomic E-state index is 6.06. The van der Waals surface area contributed by atoms with E-state index in [1.54, 1.807) is 6.07 Å². The summed E-state index contributed by atoms with van der Waals surface area (Å²) in [5, 5.41) is 2.42. The molecule has 3 aromatic rings. The normalized spacial score (nSPS) is 10.7. The minimum Gasteiger partial charge on any atom is -0.399 e. The molecule has 0 aliphatic carbocycles. The zero-order valence-corrected chi connectivity index (χ0v) is 9.93. The monoisotopic (exact) mass is 234 g/mol. The molecule has 88 valence electrons. The van der Waals surface area contributed by atoms with E-state index in [-0.39, 0.29) is 0 Å². The van der Waals surface area contributed by atoms with Gasteiger partial charge in [0.15, 0.2) is 0 Å². The van der Waals surface area contributed by atoms with Gasteiger partial charge in [-0.3, -0.25) is 0 Å². The van der Waals surface area contributed by atoms with Gasteiger partial charge in [-0.25, -0.2) is 0 Å². The van der Waals surface area contributed by atoms with Gasteiger partial charge in [-0.15, -0.1) is 0 Å². The highest BCUT2D eigenvalue weighted by atomic mass is 14.6. The smallest absolute Gasteiger partial charge is 0.0414 e. The van der Waals surface area contributed by atoms with E-state index in [9.17, 15) is 0 Å². The van der Waals surface area contributed by atoms with E-state index in [0.717, 1.165) is 11.1 Å². The molecular formula is C16H14N2. The Kier molecular flexibility index (Phi) is 2.41. The van der Waals surface area contributed by atoms with Crippen molar-refractivity contribution in [2.75, 3.05) is 11.5 Å². The molecule has 0 saturated heterocycles. The highest BCUT2D eigenvalue weighted by molar-refractivity contribution is 5.99. The molecule has 2 nitrogen and oxygen atoms in total. The molecule has 3 rings (SSSR count). The van der Waals surface area contributed by atoms with Crippen LogP contribution in [0.3, 0.4) is 0 Å². The molecule has 0 saturated carbocycles. The predicted molar refractivity (Wildman–Crippen MR) is 78.2 cm³/mol. The number of fused-ring (bicyclic) bond motifs is 1. The molecule has 0 atom stereocenters. The van der Waals surface area contributed by atoms with Gasteiger partial charge in [0.2, 0.25) is 0 Å². The van der Waals surface area contributed by atoms with Crippen LogP contribution < -0.4 is 11.5 Å². The molecule has 0 aromatic heterocycles. The van der Waals surface area contributed by atoms with Gasteiger partial charge >= 0.3 is 0 Å². The van der Waals surface area contributed by atoms with Crippen molar-refractivity contribution in [3.05, 3.63) is 60.7 Å². The van der Waals surface area contributed by atoms with Gasteiger partial charge in [0, 0.05) is 16.9 Å². The van der Waals surface area contributed by atoms with Crippen LogP contribution in [0.4, 0.5) is 11.4 Å². The van der Waals surface area contributed by atoms with Crippen molar-refractivity contribution in [3.63, 3.8) is 0 Å². The Bertz CT molecular complexity index is 712. The minimum atomic E-state index is 0.691. The van der Waals surface area contributed by atoms with Gasteiger partial charge in [0.1, 0.15) is 0 Å². The number of rotatable bonds is 1. The summed E-state index contributed by atoms with van der Waals surface area (Å²) >= 11 is 0. The van der Waals surface area contributed by atoms with Gasteiger partial charge in [-0.05, 0) is 28.5 Å². The Labute approximate surface area is 106 Å². The van der Waals surface area contributed by atoms with Crippen LogP contribution in [0.1, 0.15) is 0 Å². The summed E-state index contributed by atoms with van der Waals surface area (Å²) in [6.07, 6.45) is 0. The molecule has 0 spiro atoms. The van der Waals surface area contributed by atoms with Crippen LogP contribution in [-0.2, 0) is 0 Å². The van der Waals surface area contributed by atoms with Gasteiger partial charge in [-0.2, -0.15) is 0 Å². The second-order valence-electron chi connectivity index (χ2n) is 4.37. The molecule has 0 fully saturated rings. The molecule has 0 amide bonds. The fourth-order valence-corrected chi connectivity index (χ4v) is 2.29. The molecule has 0 aliphatic heterocycles. The lowest BCUT2D eigenvalue weighted by Gasteiger charge is -2.10. The minimum absolute atomic E-state index is 0.691. The van der Waals surface area contributed by atoms with Crippen molar-refractivity contribution in [3.8, 4) is 11.1 Å². The average Bonchev–Trinajstić information content (AvgIpc) is 2.38. The Hall–Kier alpha value is -2.48. The number of hydrogen-bond acceptors (Lipinski definition) is 2. The third-order valence-corrected chi connectivity index (χ3v) is 3.16. The van der Waals surface area contributed by atoms with Crippen LogP contribution in [0.25, 0.3) is 21.9 Å². The zero-order valence-electron chi connectivity index (χ0n) is 9.93. The zero-order chi connectivity index (χ0) is 12.5. The summed E-state index contributed by atoms with van der Waals surface area (Å²) in [7, 11) is 0. The first-order valence-corrected chi connectivity index (χ1v) is 5.89. The first-order valence-electron chi connectivity index (χ1n) is 5.89. The summed E-state index contributed by atoms with van der Waals surface area (Å²) < 4.78 is 0. The molecule has 0 heterocycles. The molecule has 0 aliphatic rings. The van der Waals surface area contributed by atoms with Crippen LogP contribution in [0.2, 0.25) is 0 Å². The van der Waals surface area contributed by atoms with E-state index in [1.165, 1.54) is 10.8 Å². The van der Waals surface area contributed by atoms with Crippen molar-refractivity contribution in [1.82, 2.24) is 0 Å². The summed E-state index contributed by atoms with van der Waals surface area (Å²) in [5.74, 6) is 0. The lowest BCUT2D eigenvalue weighted by molar-refractivity contribution is 1.63. The number of benzene rings is 3. The third-order valence-electron chi connectivity index (χ3n) is 3.16. The van der Waals surface area contributed by atoms with E-state index in [2.05, 4.69) is 24.3 Å². The van der Waals surface area contributed by atoms with Gasteiger partial charge in [-0.1, -0.05) is 48.5 Å². The van der Waals surface area contributed by atoms with E-state index >= 15 is 0 Å². The Morgan fingerprint density at radius 1 is 0.667 bits per heavy atom. The van der Waals surface area contributed by atoms with Crippen LogP contribution in [0.5, 0.6) is 0 Å². The van der Waals surface area contributed by atoms with Crippen LogP contribution >= 0.6 is 0 Å². The molecule has 0 bridgehead atoms. The summed E-state index contributed by atoms with van der Waals surface area (Å²) in [6.45, 7) is 0. The highest BCUT2D eigenvalue weighted by Crippen LogP contribution is 2.33. The lowest BCUT2D eigenvalue weighted by Crippen LogP contribution is -1.93. The van der Waals surface area contributed by atoms with Crippen molar-refractivity contribution in [2.24, 2.45) is 0 Å². The molecule has 3 aromatic carbocycles. The summed E-state index contributed by atoms with van der Waals surface area (Å²) in [6, 6.07) is 20.2. The quantitative estimate of drug-likeness (QED) is 0.631. The number of nitrogens with two attached hydrogens (primary N) is 2. The van der Waals surface area contributed by atoms with E-state index in [4.69, 9.17) is 11.5 Å². The molecule has 4 N–H and O–H groups in total. The lowest BCUT2D eigenvalue weighted by atomic mass is 9.97. The van der Waals surface area contributed by atoms with Crippen LogP contribution in [0.15, 0.2) is 60.7 Å². The van der Waals surface area contributed by atoms with Crippen molar-refractivity contribution >= 4 is 22.1 Å². The summed E-state index contributed by atoms with van der Waals surface area (Å²) in [4.78, 5) is 0. The fraction of sp³-hybridized carbons (Fsp3) is 0. The van der Waals surface area contributed by atoms with Gasteiger partial charge in [0.05, 0.1) is 0 Å². The van der Waals surface area contributed by atoms with Gasteiger partial charge < -0.3 is 11.5 Å². The molecule has 0 unspecified atom stereocenters. The van der Waals surface area contributed by atoms with Gasteiger partial charge in [0.25, 0.3) is 0 Å². The number of anilines is 2. The maximum Gasteiger partial charge on any atom is 0.0414 e. The van der Waals surface area contributed by atoms with E-state index in [1.807, 2.05) is 30.3 Å². The first kappa shape index (κ1) is 10.7. The highest BCUT2D eigenvalue weighted by Gasteiger charge is 2.06. The standard InChI is InChI=1S/C16H14N2/c17-12-8-9-15(16(18)10-12)14-7-3-5-11-4-1-2-6-13(11)14/h1-10H,17-18H2. The predicted octanol–water partition coefficient (Wildman–Crippen LogP) is 3.67. The largest absolute Gasteiger partial charge is 0.399 e. The number of hydrogen-bond donors (Lipinski definition) is 2. The second kappa shape index (κ2) is 4.08. The van der Waals surface area contributed by atoms with Crippen molar-refractivity contribution in [1.29, 1.82) is 0 Å². The van der Waals surface area contributed by atoms with Crippen molar-refractivity contribution in [2.45, 2.75) is 0 Å². The molecule has 2 heteroatoms. The molecular weight excluding hydrogens is 220 g/mol. The third kappa shape index (κ3) is 1.68. The Balaban J connectivity index is 2.31. The SMILES string of the molecule is Nc1ccc(-c2cccc3ccccc23)c(N)c1. The van der Waals surface area contributed by atoms with Crippen LogP contribution in [0, 0.1) is 0 Å². The average molecular weight is 234 g/mol. The molecule has 18 heavy (non-hydrogen) atoms.